The van der Waals surface area contributed by atoms with Crippen LogP contribution >= 0.6 is 0 Å². The molecule has 0 spiro atoms. The first-order valence-electron chi connectivity index (χ1n) is 6.62. The average molecular weight is 255 g/mol. The summed E-state index contributed by atoms with van der Waals surface area (Å²) >= 11 is 0. The van der Waals surface area contributed by atoms with E-state index in [1.54, 1.807) is 0 Å². The summed E-state index contributed by atoms with van der Waals surface area (Å²) in [6, 6.07) is 14.3. The molecule has 0 amide bonds. The standard InChI is InChI=1S/C16H17NO2/c18-15(19)16(8-9-17-11-16)10-13-6-3-5-12-4-1-2-7-14(12)13/h1-7,17H,8-11H2,(H,18,19). The van der Waals surface area contributed by atoms with Gasteiger partial charge in [-0.05, 0) is 35.7 Å². The highest BCUT2D eigenvalue weighted by Crippen LogP contribution is 2.33. The van der Waals surface area contributed by atoms with Gasteiger partial charge in [-0.3, -0.25) is 4.79 Å². The second-order valence-corrected chi connectivity index (χ2v) is 5.33. The third-order valence-electron chi connectivity index (χ3n) is 4.11. The van der Waals surface area contributed by atoms with Crippen molar-refractivity contribution >= 4 is 16.7 Å². The molecule has 0 saturated carbocycles. The van der Waals surface area contributed by atoms with E-state index >= 15 is 0 Å². The Morgan fingerprint density at radius 3 is 2.74 bits per heavy atom. The van der Waals surface area contributed by atoms with Crippen LogP contribution in [0.3, 0.4) is 0 Å². The minimum absolute atomic E-state index is 0.561. The maximum Gasteiger partial charge on any atom is 0.311 e. The first-order valence-corrected chi connectivity index (χ1v) is 6.62. The number of carboxylic acids is 1. The molecule has 0 radical (unpaired) electrons. The van der Waals surface area contributed by atoms with Crippen LogP contribution in [0.1, 0.15) is 12.0 Å². The monoisotopic (exact) mass is 255 g/mol. The zero-order valence-corrected chi connectivity index (χ0v) is 10.7. The van der Waals surface area contributed by atoms with Gasteiger partial charge in [-0.25, -0.2) is 0 Å². The van der Waals surface area contributed by atoms with Crippen molar-refractivity contribution in [2.24, 2.45) is 5.41 Å². The lowest BCUT2D eigenvalue weighted by molar-refractivity contribution is -0.147. The zero-order valence-electron chi connectivity index (χ0n) is 10.7. The Morgan fingerprint density at radius 2 is 2.00 bits per heavy atom. The number of hydrogen-bond acceptors (Lipinski definition) is 2. The molecule has 3 heteroatoms. The molecule has 19 heavy (non-hydrogen) atoms. The Kier molecular flexibility index (Phi) is 2.99. The summed E-state index contributed by atoms with van der Waals surface area (Å²) in [5.74, 6) is -0.689. The molecule has 1 aliphatic rings. The van der Waals surface area contributed by atoms with Crippen molar-refractivity contribution in [3.63, 3.8) is 0 Å². The summed E-state index contributed by atoms with van der Waals surface area (Å²) in [6.45, 7) is 1.35. The number of nitrogens with one attached hydrogen (secondary N) is 1. The van der Waals surface area contributed by atoms with Crippen LogP contribution in [0.25, 0.3) is 10.8 Å². The summed E-state index contributed by atoms with van der Waals surface area (Å²) in [4.78, 5) is 11.6. The van der Waals surface area contributed by atoms with E-state index in [9.17, 15) is 9.90 Å². The molecule has 98 valence electrons. The van der Waals surface area contributed by atoms with E-state index in [-0.39, 0.29) is 0 Å². The van der Waals surface area contributed by atoms with Gasteiger partial charge in [-0.15, -0.1) is 0 Å². The summed E-state index contributed by atoms with van der Waals surface area (Å²) in [5.41, 5.74) is 0.480. The molecule has 3 rings (SSSR count). The molecule has 1 fully saturated rings. The molecule has 0 bridgehead atoms. The van der Waals surface area contributed by atoms with Crippen molar-refractivity contribution < 1.29 is 9.90 Å². The van der Waals surface area contributed by atoms with Crippen LogP contribution in [0.15, 0.2) is 42.5 Å². The second kappa shape index (κ2) is 4.67. The van der Waals surface area contributed by atoms with E-state index in [4.69, 9.17) is 0 Å². The van der Waals surface area contributed by atoms with Gasteiger partial charge in [0.1, 0.15) is 0 Å². The van der Waals surface area contributed by atoms with Crippen molar-refractivity contribution in [1.82, 2.24) is 5.32 Å². The topological polar surface area (TPSA) is 49.3 Å². The molecule has 0 aromatic heterocycles. The highest BCUT2D eigenvalue weighted by molar-refractivity contribution is 5.86. The highest BCUT2D eigenvalue weighted by Gasteiger charge is 2.41. The molecule has 2 N–H and O–H groups in total. The van der Waals surface area contributed by atoms with Gasteiger partial charge in [0.25, 0.3) is 0 Å². The Hall–Kier alpha value is -1.87. The van der Waals surface area contributed by atoms with E-state index in [0.29, 0.717) is 19.4 Å². The number of carboxylic acid groups (broad SMARTS) is 1. The average Bonchev–Trinajstić information content (AvgIpc) is 2.89. The largest absolute Gasteiger partial charge is 0.481 e. The second-order valence-electron chi connectivity index (χ2n) is 5.33. The van der Waals surface area contributed by atoms with Crippen molar-refractivity contribution in [3.8, 4) is 0 Å². The van der Waals surface area contributed by atoms with Crippen LogP contribution in [-0.2, 0) is 11.2 Å². The van der Waals surface area contributed by atoms with Gasteiger partial charge in [0.2, 0.25) is 0 Å². The van der Waals surface area contributed by atoms with Gasteiger partial charge in [0.15, 0.2) is 0 Å². The van der Waals surface area contributed by atoms with Crippen LogP contribution in [0, 0.1) is 5.41 Å². The van der Waals surface area contributed by atoms with Crippen molar-refractivity contribution in [1.29, 1.82) is 0 Å². The van der Waals surface area contributed by atoms with Gasteiger partial charge in [-0.2, -0.15) is 0 Å². The number of rotatable bonds is 3. The fraction of sp³-hybridized carbons (Fsp3) is 0.312. The minimum Gasteiger partial charge on any atom is -0.481 e. The van der Waals surface area contributed by atoms with E-state index in [1.807, 2.05) is 24.3 Å². The summed E-state index contributed by atoms with van der Waals surface area (Å²) in [5, 5.41) is 15.1. The normalized spacial score (nSPS) is 22.7. The van der Waals surface area contributed by atoms with Crippen LogP contribution in [-0.4, -0.2) is 24.2 Å². The molecule has 1 atom stereocenters. The fourth-order valence-electron chi connectivity index (χ4n) is 2.96. The molecule has 1 unspecified atom stereocenters. The maximum absolute atomic E-state index is 11.6. The van der Waals surface area contributed by atoms with E-state index < -0.39 is 11.4 Å². The molecule has 1 saturated heterocycles. The van der Waals surface area contributed by atoms with Crippen LogP contribution in [0.5, 0.6) is 0 Å². The van der Waals surface area contributed by atoms with Gasteiger partial charge < -0.3 is 10.4 Å². The summed E-state index contributed by atoms with van der Waals surface area (Å²) in [6.07, 6.45) is 1.29. The first kappa shape index (κ1) is 12.2. The number of carbonyl (C=O) groups is 1. The quantitative estimate of drug-likeness (QED) is 0.885. The van der Waals surface area contributed by atoms with E-state index in [0.717, 1.165) is 17.5 Å². The van der Waals surface area contributed by atoms with E-state index in [1.165, 1.54) is 5.39 Å². The minimum atomic E-state index is -0.689. The zero-order chi connectivity index (χ0) is 13.3. The number of fused-ring (bicyclic) bond motifs is 1. The van der Waals surface area contributed by atoms with E-state index in [2.05, 4.69) is 23.5 Å². The van der Waals surface area contributed by atoms with Crippen LogP contribution in [0.4, 0.5) is 0 Å². The van der Waals surface area contributed by atoms with Crippen molar-refractivity contribution in [2.75, 3.05) is 13.1 Å². The Labute approximate surface area is 112 Å². The molecule has 2 aromatic carbocycles. The number of hydrogen-bond donors (Lipinski definition) is 2. The van der Waals surface area contributed by atoms with Gasteiger partial charge in [0, 0.05) is 6.54 Å². The first-order chi connectivity index (χ1) is 9.21. The maximum atomic E-state index is 11.6. The van der Waals surface area contributed by atoms with Crippen LogP contribution in [0.2, 0.25) is 0 Å². The van der Waals surface area contributed by atoms with Gasteiger partial charge in [0.05, 0.1) is 5.41 Å². The van der Waals surface area contributed by atoms with Gasteiger partial charge >= 0.3 is 5.97 Å². The highest BCUT2D eigenvalue weighted by atomic mass is 16.4. The molecule has 1 heterocycles. The van der Waals surface area contributed by atoms with Crippen LogP contribution < -0.4 is 5.32 Å². The summed E-state index contributed by atoms with van der Waals surface area (Å²) in [7, 11) is 0. The third-order valence-corrected chi connectivity index (χ3v) is 4.11. The molecular weight excluding hydrogens is 238 g/mol. The Bertz CT molecular complexity index is 610. The fourth-order valence-corrected chi connectivity index (χ4v) is 2.96. The number of benzene rings is 2. The molecule has 2 aromatic rings. The predicted molar refractivity (Wildman–Crippen MR) is 75.2 cm³/mol. The predicted octanol–water partition coefficient (Wildman–Crippen LogP) is 2.45. The third kappa shape index (κ3) is 2.10. The molecule has 0 aliphatic carbocycles. The molecular formula is C16H17NO2. The lowest BCUT2D eigenvalue weighted by Gasteiger charge is -2.23. The number of aliphatic carboxylic acids is 1. The molecule has 3 nitrogen and oxygen atoms in total. The smallest absolute Gasteiger partial charge is 0.311 e. The SMILES string of the molecule is O=C(O)C1(Cc2cccc3ccccc23)CCNC1. The Balaban J connectivity index is 2.03. The Morgan fingerprint density at radius 1 is 1.21 bits per heavy atom. The van der Waals surface area contributed by atoms with Crippen molar-refractivity contribution in [3.05, 3.63) is 48.0 Å². The summed E-state index contributed by atoms with van der Waals surface area (Å²) < 4.78 is 0. The van der Waals surface area contributed by atoms with Gasteiger partial charge in [-0.1, -0.05) is 42.5 Å². The lowest BCUT2D eigenvalue weighted by atomic mass is 9.80. The lowest BCUT2D eigenvalue weighted by Crippen LogP contribution is -2.35. The van der Waals surface area contributed by atoms with Crippen molar-refractivity contribution in [2.45, 2.75) is 12.8 Å². The molecule has 1 aliphatic heterocycles.